The van der Waals surface area contributed by atoms with E-state index in [1.54, 1.807) is 17.0 Å². The van der Waals surface area contributed by atoms with E-state index in [4.69, 9.17) is 0 Å². The number of nitrogens with one attached hydrogen (secondary N) is 1. The van der Waals surface area contributed by atoms with Gasteiger partial charge in [-0.05, 0) is 43.9 Å². The van der Waals surface area contributed by atoms with Gasteiger partial charge in [0, 0.05) is 31.7 Å². The summed E-state index contributed by atoms with van der Waals surface area (Å²) in [6, 6.07) is 6.06. The molecule has 2 aliphatic rings. The summed E-state index contributed by atoms with van der Waals surface area (Å²) in [5.74, 6) is -0.537. The summed E-state index contributed by atoms with van der Waals surface area (Å²) in [6.45, 7) is 2.44. The molecule has 2 saturated heterocycles. The second-order valence-electron chi connectivity index (χ2n) is 7.12. The molecule has 2 aliphatic heterocycles. The van der Waals surface area contributed by atoms with Gasteiger partial charge in [-0.3, -0.25) is 9.59 Å². The second kappa shape index (κ2) is 8.84. The van der Waals surface area contributed by atoms with Gasteiger partial charge in [-0.15, -0.1) is 0 Å². The summed E-state index contributed by atoms with van der Waals surface area (Å²) >= 11 is 0. The van der Waals surface area contributed by atoms with E-state index in [9.17, 15) is 18.0 Å². The molecular formula is C19H27N3O4S. The lowest BCUT2D eigenvalue weighted by Crippen LogP contribution is -2.38. The third-order valence-electron chi connectivity index (χ3n) is 5.16. The second-order valence-corrected chi connectivity index (χ2v) is 9.05. The van der Waals surface area contributed by atoms with Crippen molar-refractivity contribution in [2.45, 2.75) is 43.4 Å². The zero-order valence-electron chi connectivity index (χ0n) is 15.5. The number of amides is 2. The number of benzene rings is 1. The fourth-order valence-electron chi connectivity index (χ4n) is 3.57. The van der Waals surface area contributed by atoms with Crippen molar-refractivity contribution in [3.05, 3.63) is 29.8 Å². The lowest BCUT2D eigenvalue weighted by atomic mass is 10.2. The van der Waals surface area contributed by atoms with Gasteiger partial charge in [0.05, 0.1) is 11.4 Å². The molecule has 8 heteroatoms. The molecule has 0 radical (unpaired) electrons. The minimum absolute atomic E-state index is 0.0675. The summed E-state index contributed by atoms with van der Waals surface area (Å²) in [6.07, 6.45) is 5.79. The van der Waals surface area contributed by atoms with Crippen LogP contribution < -0.4 is 5.32 Å². The molecule has 0 saturated carbocycles. The smallest absolute Gasteiger partial charge is 0.251 e. The highest BCUT2D eigenvalue weighted by Crippen LogP contribution is 2.21. The fourth-order valence-corrected chi connectivity index (χ4v) is 5.13. The molecule has 1 N–H and O–H groups in total. The van der Waals surface area contributed by atoms with Gasteiger partial charge < -0.3 is 10.2 Å². The van der Waals surface area contributed by atoms with Crippen LogP contribution >= 0.6 is 0 Å². The van der Waals surface area contributed by atoms with Crippen molar-refractivity contribution in [1.82, 2.24) is 14.5 Å². The number of rotatable bonds is 5. The Morgan fingerprint density at radius 1 is 0.926 bits per heavy atom. The van der Waals surface area contributed by atoms with Crippen LogP contribution in [0.25, 0.3) is 0 Å². The van der Waals surface area contributed by atoms with E-state index in [-0.39, 0.29) is 22.9 Å². The van der Waals surface area contributed by atoms with E-state index < -0.39 is 15.9 Å². The fraction of sp³-hybridized carbons (Fsp3) is 0.579. The highest BCUT2D eigenvalue weighted by molar-refractivity contribution is 7.89. The van der Waals surface area contributed by atoms with Crippen LogP contribution in [0.1, 0.15) is 48.9 Å². The Morgan fingerprint density at radius 2 is 1.56 bits per heavy atom. The minimum Gasteiger partial charge on any atom is -0.343 e. The quantitative estimate of drug-likeness (QED) is 0.823. The lowest BCUT2D eigenvalue weighted by Gasteiger charge is -2.20. The van der Waals surface area contributed by atoms with Crippen molar-refractivity contribution < 1.29 is 18.0 Å². The summed E-state index contributed by atoms with van der Waals surface area (Å²) in [5, 5.41) is 2.61. The molecule has 2 fully saturated rings. The molecule has 0 spiro atoms. The molecule has 1 aromatic rings. The van der Waals surface area contributed by atoms with Crippen LogP contribution in [-0.2, 0) is 14.8 Å². The van der Waals surface area contributed by atoms with Crippen LogP contribution in [0.5, 0.6) is 0 Å². The van der Waals surface area contributed by atoms with Gasteiger partial charge in [0.25, 0.3) is 5.91 Å². The van der Waals surface area contributed by atoms with Crippen LogP contribution in [0, 0.1) is 0 Å². The average Bonchev–Trinajstić information content (AvgIpc) is 3.07. The Morgan fingerprint density at radius 3 is 2.22 bits per heavy atom. The largest absolute Gasteiger partial charge is 0.343 e. The molecule has 2 amide bonds. The highest BCUT2D eigenvalue weighted by Gasteiger charge is 2.26. The number of likely N-dealkylation sites (tertiary alicyclic amines) is 1. The first-order valence-corrected chi connectivity index (χ1v) is 11.1. The van der Waals surface area contributed by atoms with E-state index in [2.05, 4.69) is 5.32 Å². The first-order chi connectivity index (χ1) is 13.0. The molecule has 27 heavy (non-hydrogen) atoms. The predicted molar refractivity (Wildman–Crippen MR) is 102 cm³/mol. The Bertz CT molecular complexity index is 780. The van der Waals surface area contributed by atoms with Crippen molar-refractivity contribution >= 4 is 21.8 Å². The van der Waals surface area contributed by atoms with Gasteiger partial charge >= 0.3 is 0 Å². The molecule has 0 atom stereocenters. The van der Waals surface area contributed by atoms with E-state index in [0.29, 0.717) is 13.1 Å². The predicted octanol–water partition coefficient (Wildman–Crippen LogP) is 1.60. The summed E-state index contributed by atoms with van der Waals surface area (Å²) in [7, 11) is -3.61. The van der Waals surface area contributed by atoms with E-state index in [1.807, 2.05) is 0 Å². The van der Waals surface area contributed by atoms with E-state index in [1.165, 1.54) is 16.4 Å². The SMILES string of the molecule is O=C(NCC(=O)N1CCCC1)c1cccc(S(=O)(=O)N2CCCCCC2)c1. The molecule has 0 bridgehead atoms. The van der Waals surface area contributed by atoms with Gasteiger partial charge in [-0.25, -0.2) is 8.42 Å². The summed E-state index contributed by atoms with van der Waals surface area (Å²) < 4.78 is 27.3. The average molecular weight is 394 g/mol. The molecule has 2 heterocycles. The van der Waals surface area contributed by atoms with Crippen molar-refractivity contribution in [3.8, 4) is 0 Å². The molecular weight excluding hydrogens is 366 g/mol. The molecule has 0 unspecified atom stereocenters. The Hall–Kier alpha value is -1.93. The van der Waals surface area contributed by atoms with Gasteiger partial charge in [0.2, 0.25) is 15.9 Å². The van der Waals surface area contributed by atoms with Crippen LogP contribution in [0.3, 0.4) is 0 Å². The first kappa shape index (κ1) is 19.8. The number of sulfonamides is 1. The van der Waals surface area contributed by atoms with Crippen molar-refractivity contribution in [1.29, 1.82) is 0 Å². The van der Waals surface area contributed by atoms with E-state index >= 15 is 0 Å². The zero-order valence-corrected chi connectivity index (χ0v) is 16.3. The van der Waals surface area contributed by atoms with Gasteiger partial charge in [-0.1, -0.05) is 18.9 Å². The minimum atomic E-state index is -3.61. The van der Waals surface area contributed by atoms with Crippen LogP contribution in [0.15, 0.2) is 29.2 Å². The number of hydrogen-bond donors (Lipinski definition) is 1. The molecule has 1 aromatic carbocycles. The molecule has 0 aliphatic carbocycles. The summed E-state index contributed by atoms with van der Waals surface area (Å²) in [5.41, 5.74) is 0.250. The monoisotopic (exact) mass is 393 g/mol. The van der Waals surface area contributed by atoms with Crippen LogP contribution in [-0.4, -0.2) is 62.2 Å². The zero-order chi connectivity index (χ0) is 19.3. The molecule has 3 rings (SSSR count). The Balaban J connectivity index is 1.66. The normalized spacial score (nSPS) is 18.9. The topological polar surface area (TPSA) is 86.8 Å². The maximum atomic E-state index is 12.9. The number of hydrogen-bond acceptors (Lipinski definition) is 4. The van der Waals surface area contributed by atoms with E-state index in [0.717, 1.165) is 51.6 Å². The molecule has 0 aromatic heterocycles. The summed E-state index contributed by atoms with van der Waals surface area (Å²) in [4.78, 5) is 26.3. The molecule has 148 valence electrons. The van der Waals surface area contributed by atoms with Crippen molar-refractivity contribution in [2.24, 2.45) is 0 Å². The highest BCUT2D eigenvalue weighted by atomic mass is 32.2. The van der Waals surface area contributed by atoms with Gasteiger partial charge in [0.15, 0.2) is 0 Å². The van der Waals surface area contributed by atoms with Gasteiger partial charge in [0.1, 0.15) is 0 Å². The third kappa shape index (κ3) is 4.87. The molecule has 7 nitrogen and oxygen atoms in total. The third-order valence-corrected chi connectivity index (χ3v) is 7.05. The number of nitrogens with zero attached hydrogens (tertiary/aromatic N) is 2. The number of carbonyl (C=O) groups is 2. The number of carbonyl (C=O) groups excluding carboxylic acids is 2. The standard InChI is InChI=1S/C19H27N3O4S/c23-18(21-10-5-6-11-21)15-20-19(24)16-8-7-9-17(14-16)27(25,26)22-12-3-1-2-4-13-22/h7-9,14H,1-6,10-13,15H2,(H,20,24). The van der Waals surface area contributed by atoms with Crippen LogP contribution in [0.2, 0.25) is 0 Å². The van der Waals surface area contributed by atoms with Gasteiger partial charge in [-0.2, -0.15) is 4.31 Å². The lowest BCUT2D eigenvalue weighted by molar-refractivity contribution is -0.129. The Labute approximate surface area is 160 Å². The van der Waals surface area contributed by atoms with Crippen molar-refractivity contribution in [2.75, 3.05) is 32.7 Å². The van der Waals surface area contributed by atoms with Crippen molar-refractivity contribution in [3.63, 3.8) is 0 Å². The first-order valence-electron chi connectivity index (χ1n) is 9.65. The maximum Gasteiger partial charge on any atom is 0.251 e. The van der Waals surface area contributed by atoms with Crippen LogP contribution in [0.4, 0.5) is 0 Å². The Kier molecular flexibility index (Phi) is 6.49. The maximum absolute atomic E-state index is 12.9.